The van der Waals surface area contributed by atoms with Crippen LogP contribution >= 0.6 is 0 Å². The van der Waals surface area contributed by atoms with Gasteiger partial charge in [-0.15, -0.1) is 0 Å². The number of rotatable bonds is 6. The Balaban J connectivity index is 2.57. The van der Waals surface area contributed by atoms with E-state index in [0.717, 1.165) is 6.42 Å². The lowest BCUT2D eigenvalue weighted by Crippen LogP contribution is -2.08. The van der Waals surface area contributed by atoms with E-state index in [1.54, 1.807) is 18.4 Å². The quantitative estimate of drug-likeness (QED) is 0.524. The number of carboxylic acids is 1. The molecule has 6 heteroatoms. The van der Waals surface area contributed by atoms with Crippen LogP contribution in [0.4, 0.5) is 11.4 Å². The average molecular weight is 256 g/mol. The molecule has 0 saturated heterocycles. The molecule has 1 atom stereocenters. The van der Waals surface area contributed by atoms with Crippen LogP contribution in [0.25, 0.3) is 0 Å². The Morgan fingerprint density at radius 1 is 1.53 bits per heavy atom. The SMILES string of the molecule is CS(=O)CCCNc1ccc(N)c(C(=O)O)c1. The molecule has 0 aliphatic heterocycles. The number of aromatic carboxylic acids is 1. The van der Waals surface area contributed by atoms with E-state index in [1.807, 2.05) is 0 Å². The molecule has 94 valence electrons. The fraction of sp³-hybridized carbons (Fsp3) is 0.364. The highest BCUT2D eigenvalue weighted by Crippen LogP contribution is 2.17. The number of hydrogen-bond acceptors (Lipinski definition) is 4. The van der Waals surface area contributed by atoms with Crippen molar-refractivity contribution in [3.63, 3.8) is 0 Å². The van der Waals surface area contributed by atoms with Crippen molar-refractivity contribution in [2.24, 2.45) is 0 Å². The molecule has 1 aromatic carbocycles. The van der Waals surface area contributed by atoms with E-state index < -0.39 is 16.8 Å². The van der Waals surface area contributed by atoms with Crippen LogP contribution in [0, 0.1) is 0 Å². The van der Waals surface area contributed by atoms with E-state index in [-0.39, 0.29) is 11.3 Å². The van der Waals surface area contributed by atoms with E-state index in [9.17, 15) is 9.00 Å². The minimum atomic E-state index is -1.04. The minimum Gasteiger partial charge on any atom is -0.478 e. The first kappa shape index (κ1) is 13.5. The molecular formula is C11H16N2O3S. The topological polar surface area (TPSA) is 92.4 Å². The van der Waals surface area contributed by atoms with Crippen molar-refractivity contribution in [2.45, 2.75) is 6.42 Å². The molecule has 0 amide bonds. The molecule has 0 spiro atoms. The fourth-order valence-electron chi connectivity index (χ4n) is 1.36. The van der Waals surface area contributed by atoms with Gasteiger partial charge in [0.25, 0.3) is 0 Å². The molecule has 0 heterocycles. The van der Waals surface area contributed by atoms with Crippen LogP contribution in [0.3, 0.4) is 0 Å². The van der Waals surface area contributed by atoms with E-state index >= 15 is 0 Å². The van der Waals surface area contributed by atoms with Crippen molar-refractivity contribution in [1.82, 2.24) is 0 Å². The van der Waals surface area contributed by atoms with Gasteiger partial charge in [0.1, 0.15) is 0 Å². The third kappa shape index (κ3) is 4.44. The molecule has 0 aromatic heterocycles. The number of hydrogen-bond donors (Lipinski definition) is 3. The van der Waals surface area contributed by atoms with Crippen molar-refractivity contribution in [1.29, 1.82) is 0 Å². The van der Waals surface area contributed by atoms with Gasteiger partial charge >= 0.3 is 5.97 Å². The zero-order chi connectivity index (χ0) is 12.8. The predicted molar refractivity (Wildman–Crippen MR) is 69.9 cm³/mol. The van der Waals surface area contributed by atoms with Crippen LogP contribution < -0.4 is 11.1 Å². The summed E-state index contributed by atoms with van der Waals surface area (Å²) in [7, 11) is -0.793. The summed E-state index contributed by atoms with van der Waals surface area (Å²) in [4.78, 5) is 10.8. The molecule has 5 nitrogen and oxygen atoms in total. The van der Waals surface area contributed by atoms with Gasteiger partial charge in [0, 0.05) is 40.7 Å². The Bertz CT molecular complexity index is 435. The van der Waals surface area contributed by atoms with Crippen LogP contribution in [0.15, 0.2) is 18.2 Å². The van der Waals surface area contributed by atoms with Crippen LogP contribution in [0.2, 0.25) is 0 Å². The zero-order valence-corrected chi connectivity index (χ0v) is 10.4. The number of anilines is 2. The number of carboxylic acid groups (broad SMARTS) is 1. The van der Waals surface area contributed by atoms with E-state index in [1.165, 1.54) is 6.07 Å². The highest BCUT2D eigenvalue weighted by molar-refractivity contribution is 7.84. The maximum Gasteiger partial charge on any atom is 0.337 e. The lowest BCUT2D eigenvalue weighted by molar-refractivity contribution is 0.0698. The van der Waals surface area contributed by atoms with Gasteiger partial charge in [0.05, 0.1) is 5.56 Å². The summed E-state index contributed by atoms with van der Waals surface area (Å²) in [5, 5.41) is 12.0. The summed E-state index contributed by atoms with van der Waals surface area (Å²) < 4.78 is 10.8. The molecule has 4 N–H and O–H groups in total. The van der Waals surface area contributed by atoms with Crippen molar-refractivity contribution < 1.29 is 14.1 Å². The zero-order valence-electron chi connectivity index (χ0n) is 9.60. The Hall–Kier alpha value is -1.56. The highest BCUT2D eigenvalue weighted by atomic mass is 32.2. The summed E-state index contributed by atoms with van der Waals surface area (Å²) in [6.07, 6.45) is 2.43. The summed E-state index contributed by atoms with van der Waals surface area (Å²) in [5.41, 5.74) is 6.58. The Morgan fingerprint density at radius 3 is 2.82 bits per heavy atom. The number of nitrogens with two attached hydrogens (primary N) is 1. The lowest BCUT2D eigenvalue weighted by Gasteiger charge is -2.08. The molecule has 0 aliphatic carbocycles. The standard InChI is InChI=1S/C11H16N2O3S/c1-17(16)6-2-5-13-8-3-4-10(12)9(7-8)11(14)15/h3-4,7,13H,2,5-6,12H2,1H3,(H,14,15). The second kappa shape index (κ2) is 6.24. The van der Waals surface area contributed by atoms with Crippen molar-refractivity contribution in [2.75, 3.05) is 29.6 Å². The Kier molecular flexibility index (Phi) is 4.96. The fourth-order valence-corrected chi connectivity index (χ4v) is 1.91. The predicted octanol–water partition coefficient (Wildman–Crippen LogP) is 1.15. The summed E-state index contributed by atoms with van der Waals surface area (Å²) >= 11 is 0. The number of carbonyl (C=O) groups is 1. The number of benzene rings is 1. The average Bonchev–Trinajstić information content (AvgIpc) is 2.25. The summed E-state index contributed by atoms with van der Waals surface area (Å²) in [5.74, 6) is -0.408. The van der Waals surface area contributed by atoms with Crippen molar-refractivity contribution in [3.8, 4) is 0 Å². The second-order valence-electron chi connectivity index (χ2n) is 3.66. The second-order valence-corrected chi connectivity index (χ2v) is 5.22. The first-order valence-corrected chi connectivity index (χ1v) is 6.90. The first-order chi connectivity index (χ1) is 8.00. The molecule has 1 unspecified atom stereocenters. The first-order valence-electron chi connectivity index (χ1n) is 5.17. The molecule has 0 aliphatic rings. The van der Waals surface area contributed by atoms with Gasteiger partial charge in [-0.1, -0.05) is 0 Å². The van der Waals surface area contributed by atoms with Crippen LogP contribution in [-0.4, -0.2) is 33.8 Å². The normalized spacial score (nSPS) is 12.1. The molecule has 1 rings (SSSR count). The van der Waals surface area contributed by atoms with Gasteiger partial charge in [-0.25, -0.2) is 4.79 Å². The van der Waals surface area contributed by atoms with E-state index in [2.05, 4.69) is 5.32 Å². The van der Waals surface area contributed by atoms with Gasteiger partial charge in [0.15, 0.2) is 0 Å². The molecule has 0 radical (unpaired) electrons. The van der Waals surface area contributed by atoms with E-state index in [4.69, 9.17) is 10.8 Å². The summed E-state index contributed by atoms with van der Waals surface area (Å²) in [6, 6.07) is 4.79. The third-order valence-corrected chi connectivity index (χ3v) is 3.08. The van der Waals surface area contributed by atoms with Gasteiger partial charge < -0.3 is 16.2 Å². The molecule has 17 heavy (non-hydrogen) atoms. The van der Waals surface area contributed by atoms with Crippen LogP contribution in [0.1, 0.15) is 16.8 Å². The van der Waals surface area contributed by atoms with Gasteiger partial charge in [0.2, 0.25) is 0 Å². The van der Waals surface area contributed by atoms with Crippen molar-refractivity contribution >= 4 is 28.1 Å². The Labute approximate surface area is 102 Å². The molecule has 0 fully saturated rings. The molecule has 0 bridgehead atoms. The van der Waals surface area contributed by atoms with Gasteiger partial charge in [-0.2, -0.15) is 0 Å². The third-order valence-electron chi connectivity index (χ3n) is 2.22. The monoisotopic (exact) mass is 256 g/mol. The highest BCUT2D eigenvalue weighted by Gasteiger charge is 2.08. The smallest absolute Gasteiger partial charge is 0.337 e. The van der Waals surface area contributed by atoms with Crippen LogP contribution in [-0.2, 0) is 10.8 Å². The molecule has 0 saturated carbocycles. The van der Waals surface area contributed by atoms with Gasteiger partial charge in [-0.3, -0.25) is 4.21 Å². The molecule has 1 aromatic rings. The molecular weight excluding hydrogens is 240 g/mol. The minimum absolute atomic E-state index is 0.0917. The van der Waals surface area contributed by atoms with E-state index in [0.29, 0.717) is 18.0 Å². The maximum absolute atomic E-state index is 10.8. The summed E-state index contributed by atoms with van der Waals surface area (Å²) in [6.45, 7) is 0.655. The largest absolute Gasteiger partial charge is 0.478 e. The van der Waals surface area contributed by atoms with Crippen LogP contribution in [0.5, 0.6) is 0 Å². The maximum atomic E-state index is 10.8. The number of nitrogens with one attached hydrogen (secondary N) is 1. The lowest BCUT2D eigenvalue weighted by atomic mass is 10.1. The van der Waals surface area contributed by atoms with Gasteiger partial charge in [-0.05, 0) is 24.6 Å². The Morgan fingerprint density at radius 2 is 2.24 bits per heavy atom. The van der Waals surface area contributed by atoms with Crippen molar-refractivity contribution in [3.05, 3.63) is 23.8 Å². The number of nitrogen functional groups attached to an aromatic ring is 1.